The second kappa shape index (κ2) is 10.7. The lowest BCUT2D eigenvalue weighted by Gasteiger charge is -2.29. The fraction of sp³-hybridized carbons (Fsp3) is 0.300. The number of hydrogen-bond donors (Lipinski definition) is 1. The number of carbonyl (C=O) groups excluding carboxylic acids is 1. The molecule has 1 fully saturated rings. The number of hydrogen-bond acceptors (Lipinski definition) is 5. The van der Waals surface area contributed by atoms with Crippen LogP contribution >= 0.6 is 11.6 Å². The Balaban J connectivity index is 1.18. The predicted octanol–water partition coefficient (Wildman–Crippen LogP) is 4.93. The SMILES string of the molecule is Cc1ncc(Cl)cc1C(=O)NC1CCC(Cn2c(=O)n(-c3ccc(-c4cnn(C)c4)nc3)c3ccccc32)CC1. The van der Waals surface area contributed by atoms with Crippen molar-refractivity contribution in [1.29, 1.82) is 0 Å². The number of pyridine rings is 2. The number of carbonyl (C=O) groups is 1. The van der Waals surface area contributed by atoms with Gasteiger partial charge in [0.15, 0.2) is 0 Å². The smallest absolute Gasteiger partial charge is 0.333 e. The third kappa shape index (κ3) is 5.04. The zero-order valence-electron chi connectivity index (χ0n) is 22.4. The molecule has 10 heteroatoms. The standard InChI is InChI=1S/C30H30ClN7O2/c1-19-25(13-22(31)15-32-19)29(39)35-23-9-7-20(8-10-23)17-37-27-5-3-4-6-28(27)38(30(37)40)24-11-12-26(33-16-24)21-14-34-36(2)18-21/h3-6,11-16,18,20,23H,7-10,17H2,1-2H3,(H,35,39). The molecule has 0 unspecified atom stereocenters. The Kier molecular flexibility index (Phi) is 6.98. The first-order chi connectivity index (χ1) is 19.4. The summed E-state index contributed by atoms with van der Waals surface area (Å²) in [7, 11) is 1.87. The zero-order valence-corrected chi connectivity index (χ0v) is 23.2. The van der Waals surface area contributed by atoms with Crippen LogP contribution in [-0.4, -0.2) is 40.8 Å². The molecule has 1 aliphatic carbocycles. The van der Waals surface area contributed by atoms with Gasteiger partial charge in [-0.15, -0.1) is 0 Å². The normalized spacial score (nSPS) is 17.3. The number of fused-ring (bicyclic) bond motifs is 1. The van der Waals surface area contributed by atoms with Crippen LogP contribution in [0.2, 0.25) is 5.02 Å². The summed E-state index contributed by atoms with van der Waals surface area (Å²) < 4.78 is 5.36. The van der Waals surface area contributed by atoms with E-state index in [0.29, 0.717) is 28.7 Å². The van der Waals surface area contributed by atoms with Gasteiger partial charge in [0.05, 0.1) is 51.1 Å². The largest absolute Gasteiger partial charge is 0.349 e. The molecule has 0 aliphatic heterocycles. The second-order valence-electron chi connectivity index (χ2n) is 10.5. The Bertz CT molecular complexity index is 1740. The van der Waals surface area contributed by atoms with Gasteiger partial charge >= 0.3 is 5.69 Å². The van der Waals surface area contributed by atoms with E-state index < -0.39 is 0 Å². The summed E-state index contributed by atoms with van der Waals surface area (Å²) >= 11 is 6.05. The number of amides is 1. The van der Waals surface area contributed by atoms with Crippen molar-refractivity contribution in [2.24, 2.45) is 13.0 Å². The quantitative estimate of drug-likeness (QED) is 0.320. The third-order valence-electron chi connectivity index (χ3n) is 7.76. The molecule has 1 aliphatic rings. The van der Waals surface area contributed by atoms with E-state index >= 15 is 0 Å². The molecule has 0 spiro atoms. The van der Waals surface area contributed by atoms with E-state index in [4.69, 9.17) is 11.6 Å². The number of nitrogens with zero attached hydrogens (tertiary/aromatic N) is 6. The molecule has 0 atom stereocenters. The van der Waals surface area contributed by atoms with Gasteiger partial charge in [-0.2, -0.15) is 5.10 Å². The van der Waals surface area contributed by atoms with E-state index in [1.54, 1.807) is 33.9 Å². The highest BCUT2D eigenvalue weighted by atomic mass is 35.5. The molecule has 40 heavy (non-hydrogen) atoms. The van der Waals surface area contributed by atoms with Gasteiger partial charge in [0.2, 0.25) is 0 Å². The van der Waals surface area contributed by atoms with E-state index in [-0.39, 0.29) is 17.6 Å². The van der Waals surface area contributed by atoms with Crippen molar-refractivity contribution in [3.05, 3.63) is 94.0 Å². The molecular weight excluding hydrogens is 526 g/mol. The average molecular weight is 556 g/mol. The van der Waals surface area contributed by atoms with E-state index in [1.807, 2.05) is 61.1 Å². The molecule has 1 N–H and O–H groups in total. The van der Waals surface area contributed by atoms with Gasteiger partial charge in [-0.3, -0.25) is 28.6 Å². The van der Waals surface area contributed by atoms with Gasteiger partial charge in [0.1, 0.15) is 0 Å². The molecule has 1 aromatic carbocycles. The van der Waals surface area contributed by atoms with Crippen LogP contribution in [0.5, 0.6) is 0 Å². The minimum Gasteiger partial charge on any atom is -0.349 e. The molecule has 0 bridgehead atoms. The zero-order chi connectivity index (χ0) is 27.8. The highest BCUT2D eigenvalue weighted by molar-refractivity contribution is 6.30. The number of para-hydroxylation sites is 2. The lowest BCUT2D eigenvalue weighted by molar-refractivity contribution is 0.0919. The number of aryl methyl sites for hydroxylation is 2. The fourth-order valence-corrected chi connectivity index (χ4v) is 5.78. The summed E-state index contributed by atoms with van der Waals surface area (Å²) in [4.78, 5) is 35.4. The molecule has 4 aromatic heterocycles. The van der Waals surface area contributed by atoms with Crippen LogP contribution in [0.3, 0.4) is 0 Å². The molecule has 0 saturated heterocycles. The molecule has 6 rings (SSSR count). The number of benzene rings is 1. The number of imidazole rings is 1. The third-order valence-corrected chi connectivity index (χ3v) is 7.97. The maximum absolute atomic E-state index is 13.8. The molecule has 204 valence electrons. The first-order valence-corrected chi connectivity index (χ1v) is 13.8. The Hall–Kier alpha value is -4.24. The van der Waals surface area contributed by atoms with Crippen molar-refractivity contribution >= 4 is 28.5 Å². The predicted molar refractivity (Wildman–Crippen MR) is 155 cm³/mol. The van der Waals surface area contributed by atoms with Crippen molar-refractivity contribution in [2.75, 3.05) is 0 Å². The van der Waals surface area contributed by atoms with Crippen LogP contribution in [0.1, 0.15) is 41.7 Å². The van der Waals surface area contributed by atoms with Gasteiger partial charge in [-0.05, 0) is 68.9 Å². The fourth-order valence-electron chi connectivity index (χ4n) is 5.63. The molecule has 9 nitrogen and oxygen atoms in total. The molecule has 4 heterocycles. The summed E-state index contributed by atoms with van der Waals surface area (Å²) in [5, 5.41) is 7.81. The van der Waals surface area contributed by atoms with Crippen LogP contribution < -0.4 is 11.0 Å². The van der Waals surface area contributed by atoms with Gasteiger partial charge in [-0.1, -0.05) is 23.7 Å². The topological polar surface area (TPSA) is 99.6 Å². The maximum Gasteiger partial charge on any atom is 0.333 e. The van der Waals surface area contributed by atoms with Crippen LogP contribution in [-0.2, 0) is 13.6 Å². The molecular formula is C30H30ClN7O2. The Labute approximate surface area is 236 Å². The number of rotatable bonds is 6. The van der Waals surface area contributed by atoms with Gasteiger partial charge < -0.3 is 5.32 Å². The summed E-state index contributed by atoms with van der Waals surface area (Å²) in [5.41, 5.74) is 5.32. The van der Waals surface area contributed by atoms with Crippen molar-refractivity contribution in [1.82, 2.24) is 34.2 Å². The maximum atomic E-state index is 13.8. The lowest BCUT2D eigenvalue weighted by Crippen LogP contribution is -2.39. The van der Waals surface area contributed by atoms with Crippen LogP contribution in [0.25, 0.3) is 28.0 Å². The van der Waals surface area contributed by atoms with Crippen molar-refractivity contribution in [2.45, 2.75) is 45.2 Å². The molecule has 5 aromatic rings. The summed E-state index contributed by atoms with van der Waals surface area (Å²) in [5.74, 6) is 0.198. The van der Waals surface area contributed by atoms with Gasteiger partial charge in [0, 0.05) is 37.6 Å². The van der Waals surface area contributed by atoms with Crippen molar-refractivity contribution in [3.8, 4) is 16.9 Å². The Morgan fingerprint density at radius 1 is 1.02 bits per heavy atom. The van der Waals surface area contributed by atoms with Crippen LogP contribution in [0.4, 0.5) is 0 Å². The van der Waals surface area contributed by atoms with E-state index in [2.05, 4.69) is 20.4 Å². The molecule has 1 amide bonds. The van der Waals surface area contributed by atoms with Crippen molar-refractivity contribution in [3.63, 3.8) is 0 Å². The number of halogens is 1. The molecule has 0 radical (unpaired) electrons. The highest BCUT2D eigenvalue weighted by Gasteiger charge is 2.26. The molecule has 1 saturated carbocycles. The van der Waals surface area contributed by atoms with Crippen LogP contribution in [0.15, 0.2) is 72.0 Å². The number of nitrogens with one attached hydrogen (secondary N) is 1. The first-order valence-electron chi connectivity index (χ1n) is 13.5. The van der Waals surface area contributed by atoms with Gasteiger partial charge in [0.25, 0.3) is 5.91 Å². The van der Waals surface area contributed by atoms with Crippen molar-refractivity contribution < 1.29 is 4.79 Å². The second-order valence-corrected chi connectivity index (χ2v) is 10.9. The van der Waals surface area contributed by atoms with E-state index in [1.165, 1.54) is 0 Å². The van der Waals surface area contributed by atoms with E-state index in [0.717, 1.165) is 53.7 Å². The van der Waals surface area contributed by atoms with Gasteiger partial charge in [-0.25, -0.2) is 4.79 Å². The Morgan fingerprint density at radius 2 is 1.80 bits per heavy atom. The summed E-state index contributed by atoms with van der Waals surface area (Å²) in [6.07, 6.45) is 10.5. The minimum absolute atomic E-state index is 0.0727. The Morgan fingerprint density at radius 3 is 2.50 bits per heavy atom. The summed E-state index contributed by atoms with van der Waals surface area (Å²) in [6.45, 7) is 2.44. The lowest BCUT2D eigenvalue weighted by atomic mass is 9.85. The highest BCUT2D eigenvalue weighted by Crippen LogP contribution is 2.28. The van der Waals surface area contributed by atoms with E-state index in [9.17, 15) is 9.59 Å². The minimum atomic E-state index is -0.140. The van der Waals surface area contributed by atoms with Crippen LogP contribution in [0, 0.1) is 12.8 Å². The summed E-state index contributed by atoms with van der Waals surface area (Å²) in [6, 6.07) is 13.5. The average Bonchev–Trinajstić information content (AvgIpc) is 3.52. The number of aromatic nitrogens is 6. The monoisotopic (exact) mass is 555 g/mol. The first kappa shape index (κ1) is 26.0.